The third kappa shape index (κ3) is 6.64. The molecule has 4 atom stereocenters. The van der Waals surface area contributed by atoms with E-state index in [4.69, 9.17) is 23.7 Å². The Balaban J connectivity index is 2.92. The van der Waals surface area contributed by atoms with E-state index >= 15 is 0 Å². The maximum atomic E-state index is 11.2. The van der Waals surface area contributed by atoms with Crippen molar-refractivity contribution in [1.29, 1.82) is 0 Å². The van der Waals surface area contributed by atoms with E-state index in [1.165, 1.54) is 20.8 Å². The highest BCUT2D eigenvalue weighted by molar-refractivity contribution is 5.68. The van der Waals surface area contributed by atoms with Gasteiger partial charge < -0.3 is 23.7 Å². The number of carbonyl (C=O) groups is 4. The third-order valence-electron chi connectivity index (χ3n) is 2.83. The molecule has 1 aliphatic rings. The highest BCUT2D eigenvalue weighted by Crippen LogP contribution is 2.27. The van der Waals surface area contributed by atoms with E-state index in [2.05, 4.69) is 0 Å². The fourth-order valence-electron chi connectivity index (χ4n) is 2.12. The smallest absolute Gasteiger partial charge is 0.305 e. The molecule has 9 heteroatoms. The first-order chi connectivity index (χ1) is 10.7. The van der Waals surface area contributed by atoms with Crippen molar-refractivity contribution in [1.82, 2.24) is 0 Å². The lowest BCUT2D eigenvalue weighted by atomic mass is 10.0. The van der Waals surface area contributed by atoms with Crippen LogP contribution >= 0.6 is 0 Å². The second-order valence-electron chi connectivity index (χ2n) is 5.00. The van der Waals surface area contributed by atoms with Gasteiger partial charge in [-0.15, -0.1) is 0 Å². The Morgan fingerprint density at radius 2 is 1.43 bits per heavy atom. The topological polar surface area (TPSA) is 114 Å². The zero-order chi connectivity index (χ0) is 17.6. The molecule has 0 aromatic carbocycles. The maximum Gasteiger partial charge on any atom is 0.305 e. The van der Waals surface area contributed by atoms with E-state index in [1.54, 1.807) is 0 Å². The summed E-state index contributed by atoms with van der Waals surface area (Å²) in [5.74, 6) is -2.42. The van der Waals surface area contributed by atoms with Gasteiger partial charge in [0.2, 0.25) is 12.4 Å². The molecule has 0 aromatic rings. The molecule has 1 aliphatic heterocycles. The summed E-state index contributed by atoms with van der Waals surface area (Å²) in [6, 6.07) is 0. The zero-order valence-corrected chi connectivity index (χ0v) is 13.4. The number of rotatable bonds is 5. The van der Waals surface area contributed by atoms with Crippen LogP contribution in [0, 0.1) is 0 Å². The molecule has 0 spiro atoms. The van der Waals surface area contributed by atoms with Gasteiger partial charge in [-0.3, -0.25) is 19.2 Å². The number of carbonyl (C=O) groups excluding carboxylic acids is 4. The van der Waals surface area contributed by atoms with Crippen molar-refractivity contribution >= 4 is 23.9 Å². The van der Waals surface area contributed by atoms with Crippen molar-refractivity contribution in [2.45, 2.75) is 58.7 Å². The molecule has 0 aromatic heterocycles. The predicted octanol–water partition coefficient (Wildman–Crippen LogP) is 0.0910. The van der Waals surface area contributed by atoms with Gasteiger partial charge in [0.05, 0.1) is 6.10 Å². The summed E-state index contributed by atoms with van der Waals surface area (Å²) in [6.07, 6.45) is -3.83. The van der Waals surface area contributed by atoms with Crippen LogP contribution < -0.4 is 0 Å². The minimum Gasteiger partial charge on any atom is -0.463 e. The molecule has 23 heavy (non-hydrogen) atoms. The Kier molecular flexibility index (Phi) is 6.95. The number of hydrogen-bond donors (Lipinski definition) is 0. The Hall–Kier alpha value is -2.16. The fourth-order valence-corrected chi connectivity index (χ4v) is 2.12. The maximum absolute atomic E-state index is 11.2. The monoisotopic (exact) mass is 332 g/mol. The van der Waals surface area contributed by atoms with Crippen LogP contribution in [0.25, 0.3) is 0 Å². The second kappa shape index (κ2) is 8.47. The van der Waals surface area contributed by atoms with Crippen LogP contribution in [0.15, 0.2) is 0 Å². The molecule has 0 bridgehead atoms. The number of ether oxygens (including phenoxy) is 5. The lowest BCUT2D eigenvalue weighted by Crippen LogP contribution is -2.54. The minimum absolute atomic E-state index is 0.113. The second-order valence-corrected chi connectivity index (χ2v) is 5.00. The molecule has 1 rings (SSSR count). The highest BCUT2D eigenvalue weighted by atomic mass is 16.7. The van der Waals surface area contributed by atoms with Crippen molar-refractivity contribution < 1.29 is 42.9 Å². The molecule has 0 saturated carbocycles. The van der Waals surface area contributed by atoms with Crippen molar-refractivity contribution in [2.75, 3.05) is 6.61 Å². The first kappa shape index (κ1) is 18.9. The third-order valence-corrected chi connectivity index (χ3v) is 2.83. The molecule has 1 heterocycles. The van der Waals surface area contributed by atoms with Gasteiger partial charge in [-0.05, 0) is 0 Å². The first-order valence-corrected chi connectivity index (χ1v) is 6.99. The average Bonchev–Trinajstić information content (AvgIpc) is 2.38. The Bertz CT molecular complexity index is 447. The van der Waals surface area contributed by atoms with E-state index < -0.39 is 48.5 Å². The van der Waals surface area contributed by atoms with Crippen molar-refractivity contribution in [3.8, 4) is 0 Å². The van der Waals surface area contributed by atoms with Gasteiger partial charge in [0, 0.05) is 34.1 Å². The lowest BCUT2D eigenvalue weighted by Gasteiger charge is -2.39. The van der Waals surface area contributed by atoms with Gasteiger partial charge >= 0.3 is 23.9 Å². The van der Waals surface area contributed by atoms with Crippen LogP contribution in [0.1, 0.15) is 34.1 Å². The quantitative estimate of drug-likeness (QED) is 0.510. The summed E-state index contributed by atoms with van der Waals surface area (Å²) in [4.78, 5) is 44.6. The molecular formula is C14H20O9. The molecular weight excluding hydrogens is 312 g/mol. The van der Waals surface area contributed by atoms with Crippen LogP contribution in [0.5, 0.6) is 0 Å². The summed E-state index contributed by atoms with van der Waals surface area (Å²) in [5, 5.41) is 0. The van der Waals surface area contributed by atoms with Crippen LogP contribution in [0.4, 0.5) is 0 Å². The SMILES string of the molecule is CC(=O)OC[C@@H]1C[C@H](OC(C)=O)[C@H](OC(C)=O)C(OC(C)=O)O1. The summed E-state index contributed by atoms with van der Waals surface area (Å²) >= 11 is 0. The molecule has 0 amide bonds. The van der Waals surface area contributed by atoms with Crippen LogP contribution in [0.3, 0.4) is 0 Å². The van der Waals surface area contributed by atoms with Crippen LogP contribution in [0.2, 0.25) is 0 Å². The molecule has 130 valence electrons. The molecule has 0 aliphatic carbocycles. The fraction of sp³-hybridized carbons (Fsp3) is 0.714. The number of hydrogen-bond acceptors (Lipinski definition) is 9. The molecule has 1 unspecified atom stereocenters. The Morgan fingerprint density at radius 3 is 1.91 bits per heavy atom. The lowest BCUT2D eigenvalue weighted by molar-refractivity contribution is -0.271. The van der Waals surface area contributed by atoms with E-state index in [9.17, 15) is 19.2 Å². The largest absolute Gasteiger partial charge is 0.463 e. The van der Waals surface area contributed by atoms with Crippen LogP contribution in [-0.2, 0) is 42.9 Å². The Labute approximate surface area is 133 Å². The molecule has 0 N–H and O–H groups in total. The summed E-state index contributed by atoms with van der Waals surface area (Å²) < 4.78 is 25.5. The van der Waals surface area contributed by atoms with E-state index in [1.807, 2.05) is 0 Å². The average molecular weight is 332 g/mol. The van der Waals surface area contributed by atoms with Gasteiger partial charge in [-0.25, -0.2) is 0 Å². The molecule has 0 radical (unpaired) electrons. The van der Waals surface area contributed by atoms with E-state index in [0.29, 0.717) is 0 Å². The summed E-state index contributed by atoms with van der Waals surface area (Å²) in [7, 11) is 0. The Morgan fingerprint density at radius 1 is 0.870 bits per heavy atom. The molecule has 1 saturated heterocycles. The highest BCUT2D eigenvalue weighted by Gasteiger charge is 2.45. The molecule has 1 fully saturated rings. The zero-order valence-electron chi connectivity index (χ0n) is 13.4. The van der Waals surface area contributed by atoms with Gasteiger partial charge in [0.15, 0.2) is 0 Å². The van der Waals surface area contributed by atoms with Crippen LogP contribution in [-0.4, -0.2) is 55.1 Å². The molecule has 9 nitrogen and oxygen atoms in total. The summed E-state index contributed by atoms with van der Waals surface area (Å²) in [5.41, 5.74) is 0. The van der Waals surface area contributed by atoms with E-state index in [0.717, 1.165) is 6.92 Å². The van der Waals surface area contributed by atoms with Gasteiger partial charge in [-0.1, -0.05) is 0 Å². The standard InChI is InChI=1S/C14H20O9/c1-7(15)19-6-11-5-12(20-8(2)16)13(21-9(3)17)14(23-11)22-10(4)18/h11-14H,5-6H2,1-4H3/t11-,12-,13-,14?/m0/s1. The van der Waals surface area contributed by atoms with Gasteiger partial charge in [-0.2, -0.15) is 0 Å². The minimum atomic E-state index is -1.27. The van der Waals surface area contributed by atoms with Gasteiger partial charge in [0.1, 0.15) is 12.7 Å². The van der Waals surface area contributed by atoms with Crippen molar-refractivity contribution in [3.05, 3.63) is 0 Å². The normalized spacial score (nSPS) is 26.8. The van der Waals surface area contributed by atoms with Crippen molar-refractivity contribution in [3.63, 3.8) is 0 Å². The number of esters is 4. The predicted molar refractivity (Wildman–Crippen MR) is 72.8 cm³/mol. The van der Waals surface area contributed by atoms with E-state index in [-0.39, 0.29) is 13.0 Å². The summed E-state index contributed by atoms with van der Waals surface area (Å²) in [6.45, 7) is 4.64. The van der Waals surface area contributed by atoms with Crippen molar-refractivity contribution in [2.24, 2.45) is 0 Å². The first-order valence-electron chi connectivity index (χ1n) is 6.99. The van der Waals surface area contributed by atoms with Gasteiger partial charge in [0.25, 0.3) is 0 Å².